The summed E-state index contributed by atoms with van der Waals surface area (Å²) in [6.45, 7) is 4.00. The standard InChI is InChI=1S/C12H15N3O/c1-7(2)10(13)11-14-9-6-4-3-5-8(9)12(16)15-11/h3-7,10H,13H2,1-2H3,(H,14,15,16)/t10-/m1/s1. The molecule has 0 saturated carbocycles. The fourth-order valence-corrected chi connectivity index (χ4v) is 1.58. The number of aromatic amines is 1. The van der Waals surface area contributed by atoms with E-state index in [0.717, 1.165) is 0 Å². The molecule has 0 bridgehead atoms. The van der Waals surface area contributed by atoms with Gasteiger partial charge in [-0.05, 0) is 18.1 Å². The van der Waals surface area contributed by atoms with Gasteiger partial charge in [0.2, 0.25) is 0 Å². The Hall–Kier alpha value is -1.68. The molecule has 1 heterocycles. The monoisotopic (exact) mass is 217 g/mol. The van der Waals surface area contributed by atoms with Crippen molar-refractivity contribution in [2.75, 3.05) is 0 Å². The Morgan fingerprint density at radius 1 is 1.31 bits per heavy atom. The van der Waals surface area contributed by atoms with E-state index in [4.69, 9.17) is 5.73 Å². The van der Waals surface area contributed by atoms with Crippen molar-refractivity contribution in [1.29, 1.82) is 0 Å². The predicted molar refractivity (Wildman–Crippen MR) is 64.1 cm³/mol. The number of nitrogens with one attached hydrogen (secondary N) is 1. The lowest BCUT2D eigenvalue weighted by Gasteiger charge is -2.14. The van der Waals surface area contributed by atoms with Crippen LogP contribution in [0.1, 0.15) is 25.7 Å². The van der Waals surface area contributed by atoms with Gasteiger partial charge >= 0.3 is 0 Å². The van der Waals surface area contributed by atoms with Gasteiger partial charge in [-0.25, -0.2) is 4.98 Å². The Labute approximate surface area is 93.5 Å². The molecule has 0 amide bonds. The zero-order chi connectivity index (χ0) is 11.7. The third-order valence-corrected chi connectivity index (χ3v) is 2.67. The second-order valence-electron chi connectivity index (χ2n) is 4.24. The van der Waals surface area contributed by atoms with Crippen LogP contribution in [0.5, 0.6) is 0 Å². The smallest absolute Gasteiger partial charge is 0.258 e. The van der Waals surface area contributed by atoms with Crippen molar-refractivity contribution in [1.82, 2.24) is 9.97 Å². The Morgan fingerprint density at radius 2 is 2.00 bits per heavy atom. The highest BCUT2D eigenvalue weighted by Gasteiger charge is 2.14. The average molecular weight is 217 g/mol. The number of hydrogen-bond donors (Lipinski definition) is 2. The summed E-state index contributed by atoms with van der Waals surface area (Å²) < 4.78 is 0. The average Bonchev–Trinajstić information content (AvgIpc) is 2.28. The van der Waals surface area contributed by atoms with Crippen LogP contribution < -0.4 is 11.3 Å². The van der Waals surface area contributed by atoms with Gasteiger partial charge in [0, 0.05) is 0 Å². The van der Waals surface area contributed by atoms with Crippen molar-refractivity contribution in [3.8, 4) is 0 Å². The normalized spacial score (nSPS) is 13.2. The molecular weight excluding hydrogens is 202 g/mol. The van der Waals surface area contributed by atoms with E-state index >= 15 is 0 Å². The van der Waals surface area contributed by atoms with E-state index in [9.17, 15) is 4.79 Å². The lowest BCUT2D eigenvalue weighted by molar-refractivity contribution is 0.491. The van der Waals surface area contributed by atoms with Crippen LogP contribution >= 0.6 is 0 Å². The maximum Gasteiger partial charge on any atom is 0.258 e. The lowest BCUT2D eigenvalue weighted by atomic mass is 10.0. The van der Waals surface area contributed by atoms with Crippen LogP contribution in [-0.4, -0.2) is 9.97 Å². The molecule has 0 fully saturated rings. The number of nitrogens with zero attached hydrogens (tertiary/aromatic N) is 1. The van der Waals surface area contributed by atoms with Crippen LogP contribution in [0.4, 0.5) is 0 Å². The van der Waals surface area contributed by atoms with Gasteiger partial charge in [0.05, 0.1) is 16.9 Å². The molecule has 2 aromatic rings. The highest BCUT2D eigenvalue weighted by Crippen LogP contribution is 2.15. The summed E-state index contributed by atoms with van der Waals surface area (Å²) in [5.41, 5.74) is 6.53. The molecule has 0 aliphatic carbocycles. The minimum absolute atomic E-state index is 0.128. The molecule has 1 aromatic carbocycles. The number of hydrogen-bond acceptors (Lipinski definition) is 3. The highest BCUT2D eigenvalue weighted by molar-refractivity contribution is 5.77. The van der Waals surface area contributed by atoms with E-state index in [2.05, 4.69) is 9.97 Å². The number of aromatic nitrogens is 2. The van der Waals surface area contributed by atoms with Gasteiger partial charge in [0.25, 0.3) is 5.56 Å². The summed E-state index contributed by atoms with van der Waals surface area (Å²) in [5, 5.41) is 0.599. The molecule has 1 atom stereocenters. The van der Waals surface area contributed by atoms with Crippen LogP contribution in [0.25, 0.3) is 10.9 Å². The molecule has 0 saturated heterocycles. The van der Waals surface area contributed by atoms with Gasteiger partial charge in [-0.2, -0.15) is 0 Å². The zero-order valence-electron chi connectivity index (χ0n) is 9.40. The first kappa shape index (κ1) is 10.8. The third kappa shape index (κ3) is 1.84. The van der Waals surface area contributed by atoms with Crippen molar-refractivity contribution in [2.24, 2.45) is 11.7 Å². The van der Waals surface area contributed by atoms with Crippen LogP contribution in [0.15, 0.2) is 29.1 Å². The summed E-state index contributed by atoms with van der Waals surface area (Å²) >= 11 is 0. The fourth-order valence-electron chi connectivity index (χ4n) is 1.58. The van der Waals surface area contributed by atoms with Crippen LogP contribution in [0.3, 0.4) is 0 Å². The topological polar surface area (TPSA) is 71.8 Å². The number of benzene rings is 1. The van der Waals surface area contributed by atoms with E-state index in [-0.39, 0.29) is 17.5 Å². The van der Waals surface area contributed by atoms with Gasteiger partial charge in [-0.15, -0.1) is 0 Å². The molecule has 16 heavy (non-hydrogen) atoms. The SMILES string of the molecule is CC(C)[C@@H](N)c1nc2ccccc2c(=O)[nH]1. The maximum atomic E-state index is 11.8. The highest BCUT2D eigenvalue weighted by atomic mass is 16.1. The first-order valence-electron chi connectivity index (χ1n) is 5.34. The number of nitrogens with two attached hydrogens (primary N) is 1. The van der Waals surface area contributed by atoms with Crippen molar-refractivity contribution in [3.63, 3.8) is 0 Å². The third-order valence-electron chi connectivity index (χ3n) is 2.67. The Morgan fingerprint density at radius 3 is 2.69 bits per heavy atom. The maximum absolute atomic E-state index is 11.8. The zero-order valence-corrected chi connectivity index (χ0v) is 9.40. The van der Waals surface area contributed by atoms with Gasteiger partial charge in [0.1, 0.15) is 5.82 Å². The lowest BCUT2D eigenvalue weighted by Crippen LogP contribution is -2.23. The molecule has 1 aromatic heterocycles. The van der Waals surface area contributed by atoms with Crippen LogP contribution in [0, 0.1) is 5.92 Å². The summed E-state index contributed by atoms with van der Waals surface area (Å²) in [4.78, 5) is 18.9. The molecule has 0 aliphatic heterocycles. The van der Waals surface area contributed by atoms with Gasteiger partial charge in [0.15, 0.2) is 0 Å². The number of H-pyrrole nitrogens is 1. The van der Waals surface area contributed by atoms with E-state index in [1.165, 1.54) is 0 Å². The van der Waals surface area contributed by atoms with E-state index in [1.54, 1.807) is 6.07 Å². The Kier molecular flexibility index (Phi) is 2.75. The summed E-state index contributed by atoms with van der Waals surface area (Å²) in [7, 11) is 0. The minimum Gasteiger partial charge on any atom is -0.321 e. The van der Waals surface area contributed by atoms with Crippen molar-refractivity contribution in [3.05, 3.63) is 40.4 Å². The van der Waals surface area contributed by atoms with Gasteiger partial charge in [-0.3, -0.25) is 4.79 Å². The molecule has 4 heteroatoms. The summed E-state index contributed by atoms with van der Waals surface area (Å²) in [6.07, 6.45) is 0. The molecule has 4 nitrogen and oxygen atoms in total. The molecule has 2 rings (SSSR count). The van der Waals surface area contributed by atoms with E-state index in [0.29, 0.717) is 16.7 Å². The molecule has 0 unspecified atom stereocenters. The van der Waals surface area contributed by atoms with Crippen LogP contribution in [-0.2, 0) is 0 Å². The Balaban J connectivity index is 2.63. The number of fused-ring (bicyclic) bond motifs is 1. The number of para-hydroxylation sites is 1. The predicted octanol–water partition coefficient (Wildman–Crippen LogP) is 1.58. The molecule has 0 radical (unpaired) electrons. The van der Waals surface area contributed by atoms with Crippen molar-refractivity contribution < 1.29 is 0 Å². The Bertz CT molecular complexity index is 559. The molecular formula is C12H15N3O. The summed E-state index contributed by atoms with van der Waals surface area (Å²) in [5.74, 6) is 0.794. The number of rotatable bonds is 2. The first-order valence-corrected chi connectivity index (χ1v) is 5.34. The minimum atomic E-state index is -0.239. The van der Waals surface area contributed by atoms with Crippen LogP contribution in [0.2, 0.25) is 0 Å². The van der Waals surface area contributed by atoms with Crippen molar-refractivity contribution in [2.45, 2.75) is 19.9 Å². The van der Waals surface area contributed by atoms with Crippen molar-refractivity contribution >= 4 is 10.9 Å². The quantitative estimate of drug-likeness (QED) is 0.802. The largest absolute Gasteiger partial charge is 0.321 e. The second-order valence-corrected chi connectivity index (χ2v) is 4.24. The van der Waals surface area contributed by atoms with E-state index in [1.807, 2.05) is 32.0 Å². The first-order chi connectivity index (χ1) is 7.59. The molecule has 0 aliphatic rings. The molecule has 3 N–H and O–H groups in total. The second kappa shape index (κ2) is 4.06. The molecule has 0 spiro atoms. The fraction of sp³-hybridized carbons (Fsp3) is 0.333. The van der Waals surface area contributed by atoms with E-state index < -0.39 is 0 Å². The summed E-state index contributed by atoms with van der Waals surface area (Å²) in [6, 6.07) is 7.02. The van der Waals surface area contributed by atoms with Gasteiger partial charge < -0.3 is 10.7 Å². The molecule has 84 valence electrons. The van der Waals surface area contributed by atoms with Gasteiger partial charge in [-0.1, -0.05) is 26.0 Å².